The minimum atomic E-state index is 0.245. The van der Waals surface area contributed by atoms with Gasteiger partial charge in [0.1, 0.15) is 0 Å². The summed E-state index contributed by atoms with van der Waals surface area (Å²) in [6, 6.07) is 0.360. The fraction of sp³-hybridized carbons (Fsp3) is 0.929. The Hall–Kier alpha value is -0.180. The number of hydrogen-bond donors (Lipinski definition) is 2. The smallest absolute Gasteiger partial charge is 0.220 e. The summed E-state index contributed by atoms with van der Waals surface area (Å²) in [6.45, 7) is 2.17. The van der Waals surface area contributed by atoms with Gasteiger partial charge in [0.25, 0.3) is 0 Å². The van der Waals surface area contributed by atoms with E-state index in [1.807, 2.05) is 0 Å². The fourth-order valence-electron chi connectivity index (χ4n) is 2.97. The summed E-state index contributed by atoms with van der Waals surface area (Å²) < 4.78 is 0. The highest BCUT2D eigenvalue weighted by molar-refractivity contribution is 7.80. The number of carbonyl (C=O) groups excluding carboxylic acids is 1. The zero-order chi connectivity index (χ0) is 12.3. The van der Waals surface area contributed by atoms with Gasteiger partial charge in [-0.05, 0) is 49.7 Å². The van der Waals surface area contributed by atoms with Gasteiger partial charge in [-0.3, -0.25) is 4.79 Å². The molecular formula is C14H25NOS. The Morgan fingerprint density at radius 3 is 2.53 bits per heavy atom. The summed E-state index contributed by atoms with van der Waals surface area (Å²) in [5.41, 5.74) is 0.249. The van der Waals surface area contributed by atoms with Crippen molar-refractivity contribution in [2.45, 2.75) is 64.3 Å². The Bertz CT molecular complexity index is 269. The van der Waals surface area contributed by atoms with Crippen molar-refractivity contribution in [3.05, 3.63) is 0 Å². The van der Waals surface area contributed by atoms with Gasteiger partial charge in [-0.15, -0.1) is 0 Å². The van der Waals surface area contributed by atoms with Crippen LogP contribution >= 0.6 is 12.6 Å². The summed E-state index contributed by atoms with van der Waals surface area (Å²) >= 11 is 4.35. The van der Waals surface area contributed by atoms with Crippen molar-refractivity contribution in [1.29, 1.82) is 0 Å². The monoisotopic (exact) mass is 255 g/mol. The molecule has 1 unspecified atom stereocenters. The molecule has 0 aromatic rings. The lowest BCUT2D eigenvalue weighted by Gasteiger charge is -2.28. The Morgan fingerprint density at radius 1 is 1.35 bits per heavy atom. The maximum absolute atomic E-state index is 12.0. The second-order valence-electron chi connectivity index (χ2n) is 6.09. The van der Waals surface area contributed by atoms with Crippen molar-refractivity contribution in [2.75, 3.05) is 5.75 Å². The van der Waals surface area contributed by atoms with Gasteiger partial charge in [-0.25, -0.2) is 0 Å². The summed E-state index contributed by atoms with van der Waals surface area (Å²) in [4.78, 5) is 12.0. The lowest BCUT2D eigenvalue weighted by Crippen LogP contribution is -2.39. The molecule has 1 amide bonds. The van der Waals surface area contributed by atoms with Gasteiger partial charge in [0.2, 0.25) is 5.91 Å². The lowest BCUT2D eigenvalue weighted by atomic mass is 9.84. The van der Waals surface area contributed by atoms with Crippen LogP contribution in [0.15, 0.2) is 0 Å². The standard InChI is InChI=1S/C14H25NOS/c1-11(12-5-3-2-4-6-12)15-13(16)9-14(10-17)7-8-14/h11-12,17H,2-10H2,1H3,(H,15,16). The van der Waals surface area contributed by atoms with Crippen LogP contribution in [0.2, 0.25) is 0 Å². The van der Waals surface area contributed by atoms with E-state index in [1.165, 1.54) is 44.9 Å². The number of carbonyl (C=O) groups is 1. The highest BCUT2D eigenvalue weighted by atomic mass is 32.1. The highest BCUT2D eigenvalue weighted by Crippen LogP contribution is 2.49. The Labute approximate surface area is 110 Å². The molecule has 0 saturated heterocycles. The van der Waals surface area contributed by atoms with Crippen LogP contribution in [0.3, 0.4) is 0 Å². The fourth-order valence-corrected chi connectivity index (χ4v) is 3.39. The molecule has 98 valence electrons. The van der Waals surface area contributed by atoms with Crippen LogP contribution in [-0.4, -0.2) is 17.7 Å². The number of amides is 1. The number of thiol groups is 1. The zero-order valence-electron chi connectivity index (χ0n) is 10.9. The molecule has 2 rings (SSSR count). The molecule has 0 heterocycles. The van der Waals surface area contributed by atoms with E-state index >= 15 is 0 Å². The van der Waals surface area contributed by atoms with Crippen molar-refractivity contribution < 1.29 is 4.79 Å². The normalized spacial score (nSPS) is 25.3. The van der Waals surface area contributed by atoms with Crippen LogP contribution in [0, 0.1) is 11.3 Å². The number of nitrogens with one attached hydrogen (secondary N) is 1. The molecule has 2 fully saturated rings. The largest absolute Gasteiger partial charge is 0.353 e. The van der Waals surface area contributed by atoms with Crippen LogP contribution in [0.1, 0.15) is 58.3 Å². The number of hydrogen-bond acceptors (Lipinski definition) is 2. The molecule has 1 N–H and O–H groups in total. The Balaban J connectivity index is 1.73. The average Bonchev–Trinajstić information content (AvgIpc) is 3.10. The van der Waals surface area contributed by atoms with Crippen molar-refractivity contribution >= 4 is 18.5 Å². The van der Waals surface area contributed by atoms with Crippen molar-refractivity contribution in [3.63, 3.8) is 0 Å². The summed E-state index contributed by atoms with van der Waals surface area (Å²) in [5, 5.41) is 3.21. The van der Waals surface area contributed by atoms with E-state index in [9.17, 15) is 4.79 Å². The van der Waals surface area contributed by atoms with Crippen LogP contribution < -0.4 is 5.32 Å². The first-order chi connectivity index (χ1) is 8.15. The molecule has 2 aliphatic rings. The van der Waals surface area contributed by atoms with E-state index in [2.05, 4.69) is 24.9 Å². The molecule has 2 saturated carbocycles. The van der Waals surface area contributed by atoms with Gasteiger partial charge in [0.05, 0.1) is 0 Å². The lowest BCUT2D eigenvalue weighted by molar-refractivity contribution is -0.123. The predicted molar refractivity (Wildman–Crippen MR) is 74.3 cm³/mol. The van der Waals surface area contributed by atoms with Crippen LogP contribution in [0.25, 0.3) is 0 Å². The molecule has 0 radical (unpaired) electrons. The minimum absolute atomic E-state index is 0.245. The minimum Gasteiger partial charge on any atom is -0.353 e. The van der Waals surface area contributed by atoms with Gasteiger partial charge >= 0.3 is 0 Å². The first-order valence-corrected chi connectivity index (χ1v) is 7.69. The third-order valence-electron chi connectivity index (χ3n) is 4.57. The van der Waals surface area contributed by atoms with Crippen molar-refractivity contribution in [2.24, 2.45) is 11.3 Å². The van der Waals surface area contributed by atoms with E-state index in [1.54, 1.807) is 0 Å². The molecule has 2 aliphatic carbocycles. The molecule has 0 spiro atoms. The van der Waals surface area contributed by atoms with E-state index in [0.29, 0.717) is 18.4 Å². The van der Waals surface area contributed by atoms with Gasteiger partial charge in [-0.2, -0.15) is 12.6 Å². The maximum atomic E-state index is 12.0. The van der Waals surface area contributed by atoms with Crippen LogP contribution in [-0.2, 0) is 4.79 Å². The SMILES string of the molecule is CC(NC(=O)CC1(CS)CC1)C1CCCCC1. The molecule has 2 nitrogen and oxygen atoms in total. The first kappa shape index (κ1) is 13.3. The van der Waals surface area contributed by atoms with Crippen molar-refractivity contribution in [3.8, 4) is 0 Å². The van der Waals surface area contributed by atoms with Gasteiger partial charge < -0.3 is 5.32 Å². The summed E-state index contributed by atoms with van der Waals surface area (Å²) in [5.74, 6) is 1.81. The summed E-state index contributed by atoms with van der Waals surface area (Å²) in [6.07, 6.45) is 9.69. The van der Waals surface area contributed by atoms with Crippen LogP contribution in [0.4, 0.5) is 0 Å². The van der Waals surface area contributed by atoms with E-state index in [4.69, 9.17) is 0 Å². The quantitative estimate of drug-likeness (QED) is 0.726. The molecule has 17 heavy (non-hydrogen) atoms. The molecule has 1 atom stereocenters. The van der Waals surface area contributed by atoms with Crippen molar-refractivity contribution in [1.82, 2.24) is 5.32 Å². The third kappa shape index (κ3) is 3.64. The second kappa shape index (κ2) is 5.64. The predicted octanol–water partition coefficient (Wildman–Crippen LogP) is 3.17. The van der Waals surface area contributed by atoms with Crippen LogP contribution in [0.5, 0.6) is 0 Å². The van der Waals surface area contributed by atoms with E-state index in [-0.39, 0.29) is 11.3 Å². The second-order valence-corrected chi connectivity index (χ2v) is 6.41. The third-order valence-corrected chi connectivity index (χ3v) is 5.24. The highest BCUT2D eigenvalue weighted by Gasteiger charge is 2.43. The zero-order valence-corrected chi connectivity index (χ0v) is 11.8. The molecule has 0 aromatic carbocycles. The Kier molecular flexibility index (Phi) is 4.40. The summed E-state index contributed by atoms with van der Waals surface area (Å²) in [7, 11) is 0. The topological polar surface area (TPSA) is 29.1 Å². The van der Waals surface area contributed by atoms with Gasteiger partial charge in [-0.1, -0.05) is 19.3 Å². The molecular weight excluding hydrogens is 230 g/mol. The average molecular weight is 255 g/mol. The maximum Gasteiger partial charge on any atom is 0.220 e. The van der Waals surface area contributed by atoms with Gasteiger partial charge in [0.15, 0.2) is 0 Å². The molecule has 0 aromatic heterocycles. The molecule has 0 bridgehead atoms. The number of rotatable bonds is 5. The first-order valence-electron chi connectivity index (χ1n) is 7.05. The van der Waals surface area contributed by atoms with E-state index in [0.717, 1.165) is 5.75 Å². The van der Waals surface area contributed by atoms with Gasteiger partial charge in [0, 0.05) is 12.5 Å². The molecule has 0 aliphatic heterocycles. The molecule has 3 heteroatoms. The van der Waals surface area contributed by atoms with E-state index < -0.39 is 0 Å². The Morgan fingerprint density at radius 2 is 2.00 bits per heavy atom.